The highest BCUT2D eigenvalue weighted by Gasteiger charge is 2.37. The standard InChI is InChI=1S/C22H29F3N6O3/c1-3-27-20(32)29-12-21(33,13-34-18-6-4-5-17(31-18)22(23,24)25)16-11-28-14(2)30-19(16)15-7-9-26-10-8-15/h4-6,11,15,26,33H,3,7-10,12-13H2,1-2H3,(H2,27,29,32). The van der Waals surface area contributed by atoms with Crippen LogP contribution >= 0.6 is 0 Å². The first-order valence-electron chi connectivity index (χ1n) is 11.1. The number of rotatable bonds is 8. The molecule has 12 heteroatoms. The smallest absolute Gasteiger partial charge is 0.433 e. The number of nitrogens with zero attached hydrogens (tertiary/aromatic N) is 3. The highest BCUT2D eigenvalue weighted by Crippen LogP contribution is 2.33. The Morgan fingerprint density at radius 3 is 2.65 bits per heavy atom. The molecular weight excluding hydrogens is 453 g/mol. The molecule has 9 nitrogen and oxygen atoms in total. The molecule has 4 N–H and O–H groups in total. The predicted octanol–water partition coefficient (Wildman–Crippen LogP) is 2.25. The summed E-state index contributed by atoms with van der Waals surface area (Å²) in [6.45, 7) is 4.69. The van der Waals surface area contributed by atoms with Crippen LogP contribution in [0.4, 0.5) is 18.0 Å². The summed E-state index contributed by atoms with van der Waals surface area (Å²) in [5.74, 6) is 0.264. The van der Waals surface area contributed by atoms with Crippen LogP contribution < -0.4 is 20.7 Å². The number of carbonyl (C=O) groups is 1. The Hall–Kier alpha value is -2.99. The molecule has 2 aromatic rings. The first kappa shape index (κ1) is 25.6. The molecule has 1 saturated heterocycles. The third-order valence-electron chi connectivity index (χ3n) is 5.52. The lowest BCUT2D eigenvalue weighted by atomic mass is 9.85. The number of hydrogen-bond acceptors (Lipinski definition) is 7. The van der Waals surface area contributed by atoms with Gasteiger partial charge in [0.05, 0.1) is 12.2 Å². The average molecular weight is 483 g/mol. The second-order valence-corrected chi connectivity index (χ2v) is 8.13. The third-order valence-corrected chi connectivity index (χ3v) is 5.52. The van der Waals surface area contributed by atoms with Gasteiger partial charge in [-0.3, -0.25) is 0 Å². The van der Waals surface area contributed by atoms with Crippen molar-refractivity contribution in [2.75, 3.05) is 32.8 Å². The van der Waals surface area contributed by atoms with Gasteiger partial charge in [0.25, 0.3) is 0 Å². The SMILES string of the molecule is CCNC(=O)NCC(O)(COc1cccc(C(F)(F)F)n1)c1cnc(C)nc1C1CCNCC1. The van der Waals surface area contributed by atoms with Crippen molar-refractivity contribution < 1.29 is 27.8 Å². The minimum absolute atomic E-state index is 0.0422. The molecule has 2 amide bonds. The largest absolute Gasteiger partial charge is 0.474 e. The van der Waals surface area contributed by atoms with Gasteiger partial charge >= 0.3 is 12.2 Å². The summed E-state index contributed by atoms with van der Waals surface area (Å²) in [7, 11) is 0. The summed E-state index contributed by atoms with van der Waals surface area (Å²) in [6, 6.07) is 2.77. The van der Waals surface area contributed by atoms with E-state index >= 15 is 0 Å². The number of urea groups is 1. The van der Waals surface area contributed by atoms with Crippen molar-refractivity contribution in [2.24, 2.45) is 0 Å². The number of aliphatic hydroxyl groups is 1. The second-order valence-electron chi connectivity index (χ2n) is 8.13. The number of piperidine rings is 1. The Morgan fingerprint density at radius 1 is 1.24 bits per heavy atom. The lowest BCUT2D eigenvalue weighted by Crippen LogP contribution is -2.48. The van der Waals surface area contributed by atoms with Gasteiger partial charge in [-0.2, -0.15) is 13.2 Å². The molecule has 1 aliphatic rings. The lowest BCUT2D eigenvalue weighted by molar-refractivity contribution is -0.141. The van der Waals surface area contributed by atoms with Crippen LogP contribution in [0.25, 0.3) is 0 Å². The van der Waals surface area contributed by atoms with Gasteiger partial charge in [0.1, 0.15) is 23.7 Å². The van der Waals surface area contributed by atoms with Crippen LogP contribution in [0.3, 0.4) is 0 Å². The fraction of sp³-hybridized carbons (Fsp3) is 0.545. The zero-order valence-electron chi connectivity index (χ0n) is 19.1. The van der Waals surface area contributed by atoms with Crippen molar-refractivity contribution >= 4 is 6.03 Å². The van der Waals surface area contributed by atoms with E-state index in [1.807, 2.05) is 0 Å². The molecular formula is C22H29F3N6O3. The second kappa shape index (κ2) is 11.0. The zero-order chi connectivity index (χ0) is 24.8. The molecule has 0 bridgehead atoms. The minimum atomic E-state index is -4.64. The van der Waals surface area contributed by atoms with Crippen LogP contribution in [0, 0.1) is 6.92 Å². The van der Waals surface area contributed by atoms with Gasteiger partial charge in [0.15, 0.2) is 0 Å². The summed E-state index contributed by atoms with van der Waals surface area (Å²) >= 11 is 0. The maximum atomic E-state index is 13.0. The number of pyridine rings is 1. The van der Waals surface area contributed by atoms with Gasteiger partial charge in [0.2, 0.25) is 5.88 Å². The Labute approximate surface area is 195 Å². The quantitative estimate of drug-likeness (QED) is 0.455. The number of aromatic nitrogens is 3. The number of amides is 2. The summed E-state index contributed by atoms with van der Waals surface area (Å²) in [5, 5.41) is 20.1. The van der Waals surface area contributed by atoms with E-state index in [1.54, 1.807) is 13.8 Å². The van der Waals surface area contributed by atoms with Crippen molar-refractivity contribution in [3.63, 3.8) is 0 Å². The fourth-order valence-electron chi connectivity index (χ4n) is 3.77. The van der Waals surface area contributed by atoms with Crippen molar-refractivity contribution in [1.82, 2.24) is 30.9 Å². The molecule has 1 unspecified atom stereocenters. The summed E-state index contributed by atoms with van der Waals surface area (Å²) in [4.78, 5) is 24.3. The van der Waals surface area contributed by atoms with Gasteiger partial charge in [-0.05, 0) is 45.8 Å². The molecule has 186 valence electrons. The normalized spacial score (nSPS) is 16.5. The summed E-state index contributed by atoms with van der Waals surface area (Å²) in [6.07, 6.45) is -1.57. The number of ether oxygens (including phenoxy) is 1. The molecule has 0 saturated carbocycles. The maximum absolute atomic E-state index is 13.0. The zero-order valence-corrected chi connectivity index (χ0v) is 19.1. The number of alkyl halides is 3. The number of halogens is 3. The van der Waals surface area contributed by atoms with Gasteiger partial charge in [-0.15, -0.1) is 0 Å². The minimum Gasteiger partial charge on any atom is -0.474 e. The van der Waals surface area contributed by atoms with Crippen LogP contribution in [0.2, 0.25) is 0 Å². The summed E-state index contributed by atoms with van der Waals surface area (Å²) < 4.78 is 44.7. The molecule has 1 fully saturated rings. The van der Waals surface area contributed by atoms with Crippen molar-refractivity contribution in [3.05, 3.63) is 47.2 Å². The number of carbonyl (C=O) groups excluding carboxylic acids is 1. The van der Waals surface area contributed by atoms with E-state index in [2.05, 4.69) is 30.9 Å². The highest BCUT2D eigenvalue weighted by atomic mass is 19.4. The van der Waals surface area contributed by atoms with E-state index in [-0.39, 0.29) is 18.3 Å². The Balaban J connectivity index is 1.93. The van der Waals surface area contributed by atoms with Crippen molar-refractivity contribution in [2.45, 2.75) is 44.4 Å². The van der Waals surface area contributed by atoms with Crippen LogP contribution in [-0.2, 0) is 11.8 Å². The third kappa shape index (κ3) is 6.54. The molecule has 1 aliphatic heterocycles. The van der Waals surface area contributed by atoms with Crippen LogP contribution in [0.1, 0.15) is 48.5 Å². The Bertz CT molecular complexity index is 985. The van der Waals surface area contributed by atoms with Crippen LogP contribution in [-0.4, -0.2) is 58.9 Å². The number of aryl methyl sites for hydroxylation is 1. The fourth-order valence-corrected chi connectivity index (χ4v) is 3.77. The van der Waals surface area contributed by atoms with Gasteiger partial charge in [-0.1, -0.05) is 6.07 Å². The first-order valence-corrected chi connectivity index (χ1v) is 11.1. The van der Waals surface area contributed by atoms with Gasteiger partial charge in [-0.25, -0.2) is 19.7 Å². The highest BCUT2D eigenvalue weighted by molar-refractivity contribution is 5.73. The van der Waals surface area contributed by atoms with E-state index in [0.29, 0.717) is 23.6 Å². The molecule has 0 aromatic carbocycles. The van der Waals surface area contributed by atoms with Crippen LogP contribution in [0.15, 0.2) is 24.4 Å². The Morgan fingerprint density at radius 2 is 1.97 bits per heavy atom. The van der Waals surface area contributed by atoms with Crippen LogP contribution in [0.5, 0.6) is 5.88 Å². The van der Waals surface area contributed by atoms with Crippen molar-refractivity contribution in [1.29, 1.82) is 0 Å². The van der Waals surface area contributed by atoms with E-state index in [9.17, 15) is 23.1 Å². The number of hydrogen-bond donors (Lipinski definition) is 4. The molecule has 0 radical (unpaired) electrons. The van der Waals surface area contributed by atoms with Crippen molar-refractivity contribution in [3.8, 4) is 5.88 Å². The number of nitrogens with one attached hydrogen (secondary N) is 3. The molecule has 34 heavy (non-hydrogen) atoms. The molecule has 3 rings (SSSR count). The van der Waals surface area contributed by atoms with E-state index in [0.717, 1.165) is 32.0 Å². The van der Waals surface area contributed by atoms with Gasteiger partial charge < -0.3 is 25.8 Å². The lowest BCUT2D eigenvalue weighted by Gasteiger charge is -2.33. The first-order chi connectivity index (χ1) is 16.1. The predicted molar refractivity (Wildman–Crippen MR) is 117 cm³/mol. The van der Waals surface area contributed by atoms with E-state index < -0.39 is 30.1 Å². The molecule has 0 spiro atoms. The maximum Gasteiger partial charge on any atom is 0.433 e. The topological polar surface area (TPSA) is 121 Å². The monoisotopic (exact) mass is 482 g/mol. The molecule has 3 heterocycles. The molecule has 2 aromatic heterocycles. The average Bonchev–Trinajstić information content (AvgIpc) is 2.82. The molecule has 0 aliphatic carbocycles. The summed E-state index contributed by atoms with van der Waals surface area (Å²) in [5.41, 5.74) is -1.94. The molecule has 1 atom stereocenters. The Kier molecular flexibility index (Phi) is 8.26. The van der Waals surface area contributed by atoms with Gasteiger partial charge in [0, 0.05) is 30.3 Å². The van der Waals surface area contributed by atoms with E-state index in [1.165, 1.54) is 18.3 Å². The van der Waals surface area contributed by atoms with E-state index in [4.69, 9.17) is 4.74 Å².